The van der Waals surface area contributed by atoms with Crippen LogP contribution in [0.15, 0.2) is 42.6 Å². The smallest absolute Gasteiger partial charge is 0.227 e. The summed E-state index contributed by atoms with van der Waals surface area (Å²) in [5.41, 5.74) is 2.77. The van der Waals surface area contributed by atoms with Crippen molar-refractivity contribution in [3.8, 4) is 10.6 Å². The number of aromatic nitrogens is 2. The van der Waals surface area contributed by atoms with Gasteiger partial charge in [0.2, 0.25) is 5.91 Å². The minimum Gasteiger partial charge on any atom is -0.326 e. The van der Waals surface area contributed by atoms with E-state index in [0.29, 0.717) is 0 Å². The quantitative estimate of drug-likeness (QED) is 0.741. The van der Waals surface area contributed by atoms with Crippen molar-refractivity contribution in [3.05, 3.63) is 42.6 Å². The third kappa shape index (κ3) is 3.17. The highest BCUT2D eigenvalue weighted by molar-refractivity contribution is 7.21. The maximum atomic E-state index is 12.4. The van der Waals surface area contributed by atoms with Gasteiger partial charge in [-0.15, -0.1) is 0 Å². The molecular formula is C19H19N3OS. The number of thiazole rings is 1. The number of fused-ring (bicyclic) bond motifs is 1. The predicted octanol–water partition coefficient (Wildman–Crippen LogP) is 4.88. The summed E-state index contributed by atoms with van der Waals surface area (Å²) >= 11 is 1.57. The first-order valence-electron chi connectivity index (χ1n) is 8.42. The monoisotopic (exact) mass is 337 g/mol. The number of pyridine rings is 1. The Morgan fingerprint density at radius 3 is 2.83 bits per heavy atom. The van der Waals surface area contributed by atoms with E-state index in [2.05, 4.69) is 15.3 Å². The highest BCUT2D eigenvalue weighted by Gasteiger charge is 2.21. The average molecular weight is 337 g/mol. The zero-order valence-electron chi connectivity index (χ0n) is 13.4. The fourth-order valence-corrected chi connectivity index (χ4v) is 4.14. The lowest BCUT2D eigenvalue weighted by Crippen LogP contribution is -2.24. The standard InChI is InChI=1S/C19H19N3OS/c23-17(13-6-2-1-3-7-13)21-15-9-4-8-14(12-15)18-22-16-10-5-11-20-19(16)24-18/h4-5,8-13H,1-3,6-7H2,(H,21,23). The molecule has 2 heterocycles. The van der Waals surface area contributed by atoms with Gasteiger partial charge in [0.15, 0.2) is 0 Å². The minimum atomic E-state index is 0.151. The van der Waals surface area contributed by atoms with Crippen LogP contribution >= 0.6 is 11.3 Å². The lowest BCUT2D eigenvalue weighted by molar-refractivity contribution is -0.120. The summed E-state index contributed by atoms with van der Waals surface area (Å²) in [4.78, 5) is 22.3. The van der Waals surface area contributed by atoms with Gasteiger partial charge < -0.3 is 5.32 Å². The molecule has 0 radical (unpaired) electrons. The van der Waals surface area contributed by atoms with Crippen LogP contribution in [0.2, 0.25) is 0 Å². The van der Waals surface area contributed by atoms with Gasteiger partial charge in [-0.3, -0.25) is 4.79 Å². The Morgan fingerprint density at radius 1 is 1.12 bits per heavy atom. The molecule has 5 heteroatoms. The van der Waals surface area contributed by atoms with Crippen molar-refractivity contribution < 1.29 is 4.79 Å². The summed E-state index contributed by atoms with van der Waals surface area (Å²) in [7, 11) is 0. The Bertz CT molecular complexity index is 835. The number of anilines is 1. The van der Waals surface area contributed by atoms with Crippen molar-refractivity contribution >= 4 is 33.3 Å². The summed E-state index contributed by atoms with van der Waals surface area (Å²) in [6, 6.07) is 11.8. The number of nitrogens with one attached hydrogen (secondary N) is 1. The van der Waals surface area contributed by atoms with Gasteiger partial charge in [-0.25, -0.2) is 9.97 Å². The van der Waals surface area contributed by atoms with E-state index in [9.17, 15) is 4.79 Å². The van der Waals surface area contributed by atoms with Gasteiger partial charge in [-0.05, 0) is 37.1 Å². The zero-order valence-corrected chi connectivity index (χ0v) is 14.2. The molecule has 0 bridgehead atoms. The molecule has 24 heavy (non-hydrogen) atoms. The lowest BCUT2D eigenvalue weighted by Gasteiger charge is -2.20. The van der Waals surface area contributed by atoms with E-state index in [1.165, 1.54) is 6.42 Å². The molecule has 0 aliphatic heterocycles. The fourth-order valence-electron chi connectivity index (χ4n) is 3.23. The molecule has 3 aromatic rings. The average Bonchev–Trinajstić information content (AvgIpc) is 3.07. The molecule has 1 aliphatic carbocycles. The number of nitrogens with zero attached hydrogens (tertiary/aromatic N) is 2. The summed E-state index contributed by atoms with van der Waals surface area (Å²) in [5, 5.41) is 4.01. The van der Waals surface area contributed by atoms with Gasteiger partial charge in [0.1, 0.15) is 15.4 Å². The van der Waals surface area contributed by atoms with Crippen LogP contribution in [0, 0.1) is 5.92 Å². The van der Waals surface area contributed by atoms with Gasteiger partial charge >= 0.3 is 0 Å². The molecule has 4 nitrogen and oxygen atoms in total. The Kier molecular flexibility index (Phi) is 4.26. The third-order valence-electron chi connectivity index (χ3n) is 4.52. The van der Waals surface area contributed by atoms with Crippen LogP contribution < -0.4 is 5.32 Å². The number of rotatable bonds is 3. The maximum Gasteiger partial charge on any atom is 0.227 e. The number of hydrogen-bond acceptors (Lipinski definition) is 4. The van der Waals surface area contributed by atoms with Crippen LogP contribution in [0.1, 0.15) is 32.1 Å². The van der Waals surface area contributed by atoms with Crippen LogP contribution in [0.25, 0.3) is 20.9 Å². The highest BCUT2D eigenvalue weighted by Crippen LogP contribution is 2.31. The van der Waals surface area contributed by atoms with Crippen LogP contribution in [0.4, 0.5) is 5.69 Å². The van der Waals surface area contributed by atoms with E-state index in [1.807, 2.05) is 36.4 Å². The number of hydrogen-bond donors (Lipinski definition) is 1. The summed E-state index contributed by atoms with van der Waals surface area (Å²) < 4.78 is 0. The molecule has 0 atom stereocenters. The van der Waals surface area contributed by atoms with E-state index in [0.717, 1.165) is 52.3 Å². The number of amides is 1. The minimum absolute atomic E-state index is 0.151. The van der Waals surface area contributed by atoms with Crippen LogP contribution in [0.3, 0.4) is 0 Å². The molecule has 1 aliphatic rings. The first-order valence-corrected chi connectivity index (χ1v) is 9.24. The molecule has 0 saturated heterocycles. The molecular weight excluding hydrogens is 318 g/mol. The SMILES string of the molecule is O=C(Nc1cccc(-c2nc3cccnc3s2)c1)C1CCCCC1. The van der Waals surface area contributed by atoms with Gasteiger partial charge in [0, 0.05) is 23.4 Å². The van der Waals surface area contributed by atoms with E-state index < -0.39 is 0 Å². The maximum absolute atomic E-state index is 12.4. The Balaban J connectivity index is 1.55. The second-order valence-electron chi connectivity index (χ2n) is 6.25. The summed E-state index contributed by atoms with van der Waals surface area (Å²) in [5.74, 6) is 0.312. The van der Waals surface area contributed by atoms with Crippen molar-refractivity contribution in [3.63, 3.8) is 0 Å². The van der Waals surface area contributed by atoms with Crippen LogP contribution in [0.5, 0.6) is 0 Å². The fraction of sp³-hybridized carbons (Fsp3) is 0.316. The molecule has 122 valence electrons. The van der Waals surface area contributed by atoms with Crippen molar-refractivity contribution in [2.75, 3.05) is 5.32 Å². The molecule has 4 rings (SSSR count). The van der Waals surface area contributed by atoms with Crippen molar-refractivity contribution in [2.24, 2.45) is 5.92 Å². The van der Waals surface area contributed by atoms with Crippen molar-refractivity contribution in [2.45, 2.75) is 32.1 Å². The predicted molar refractivity (Wildman–Crippen MR) is 98.1 cm³/mol. The molecule has 0 unspecified atom stereocenters. The summed E-state index contributed by atoms with van der Waals surface area (Å²) in [6.45, 7) is 0. The molecule has 2 aromatic heterocycles. The molecule has 1 saturated carbocycles. The topological polar surface area (TPSA) is 54.9 Å². The molecule has 1 aromatic carbocycles. The molecule has 1 fully saturated rings. The van der Waals surface area contributed by atoms with Crippen molar-refractivity contribution in [1.82, 2.24) is 9.97 Å². The van der Waals surface area contributed by atoms with Gasteiger partial charge in [0.25, 0.3) is 0 Å². The van der Waals surface area contributed by atoms with Crippen LogP contribution in [-0.2, 0) is 4.79 Å². The Morgan fingerprint density at radius 2 is 2.00 bits per heavy atom. The van der Waals surface area contributed by atoms with E-state index >= 15 is 0 Å². The number of benzene rings is 1. The second-order valence-corrected chi connectivity index (χ2v) is 7.23. The number of carbonyl (C=O) groups is 1. The first-order chi connectivity index (χ1) is 11.8. The van der Waals surface area contributed by atoms with Gasteiger partial charge in [-0.2, -0.15) is 0 Å². The van der Waals surface area contributed by atoms with E-state index in [4.69, 9.17) is 0 Å². The normalized spacial score (nSPS) is 15.5. The zero-order chi connectivity index (χ0) is 16.4. The first kappa shape index (κ1) is 15.3. The highest BCUT2D eigenvalue weighted by atomic mass is 32.1. The second kappa shape index (κ2) is 6.69. The molecule has 0 spiro atoms. The van der Waals surface area contributed by atoms with Crippen molar-refractivity contribution in [1.29, 1.82) is 0 Å². The number of carbonyl (C=O) groups excluding carboxylic acids is 1. The summed E-state index contributed by atoms with van der Waals surface area (Å²) in [6.07, 6.45) is 7.38. The van der Waals surface area contributed by atoms with E-state index in [-0.39, 0.29) is 11.8 Å². The lowest BCUT2D eigenvalue weighted by atomic mass is 9.88. The molecule has 1 N–H and O–H groups in total. The van der Waals surface area contributed by atoms with Gasteiger partial charge in [0.05, 0.1) is 0 Å². The van der Waals surface area contributed by atoms with Crippen LogP contribution in [-0.4, -0.2) is 15.9 Å². The third-order valence-corrected chi connectivity index (χ3v) is 5.55. The Hall–Kier alpha value is -2.27. The largest absolute Gasteiger partial charge is 0.326 e. The van der Waals surface area contributed by atoms with Gasteiger partial charge in [-0.1, -0.05) is 42.7 Å². The molecule has 1 amide bonds. The Labute approximate surface area is 145 Å². The van der Waals surface area contributed by atoms with E-state index in [1.54, 1.807) is 17.5 Å².